The Labute approximate surface area is 134 Å². The minimum absolute atomic E-state index is 0.420. The SMILES string of the molecule is NC1(c2noc(-c3cccc(Cn4ccnc4)c3)n2)CCCC1. The van der Waals surface area contributed by atoms with E-state index in [0.717, 1.165) is 43.4 Å². The van der Waals surface area contributed by atoms with Crippen molar-refractivity contribution in [1.82, 2.24) is 19.7 Å². The van der Waals surface area contributed by atoms with Gasteiger partial charge in [-0.25, -0.2) is 4.98 Å². The molecule has 0 bridgehead atoms. The summed E-state index contributed by atoms with van der Waals surface area (Å²) in [6.45, 7) is 0.760. The highest BCUT2D eigenvalue weighted by atomic mass is 16.5. The molecule has 0 aliphatic heterocycles. The topological polar surface area (TPSA) is 82.8 Å². The van der Waals surface area contributed by atoms with Gasteiger partial charge in [-0.05, 0) is 30.5 Å². The van der Waals surface area contributed by atoms with E-state index in [1.165, 1.54) is 0 Å². The van der Waals surface area contributed by atoms with E-state index in [4.69, 9.17) is 10.3 Å². The van der Waals surface area contributed by atoms with Crippen LogP contribution in [0.15, 0.2) is 47.5 Å². The molecule has 0 unspecified atom stereocenters. The van der Waals surface area contributed by atoms with E-state index >= 15 is 0 Å². The van der Waals surface area contributed by atoms with Crippen molar-refractivity contribution < 1.29 is 4.52 Å². The van der Waals surface area contributed by atoms with Crippen molar-refractivity contribution in [2.75, 3.05) is 0 Å². The largest absolute Gasteiger partial charge is 0.334 e. The fraction of sp³-hybridized carbons (Fsp3) is 0.353. The number of hydrogen-bond donors (Lipinski definition) is 1. The van der Waals surface area contributed by atoms with Gasteiger partial charge in [-0.3, -0.25) is 0 Å². The lowest BCUT2D eigenvalue weighted by molar-refractivity contribution is 0.372. The molecule has 0 radical (unpaired) electrons. The molecule has 1 aliphatic carbocycles. The smallest absolute Gasteiger partial charge is 0.258 e. The molecule has 2 N–H and O–H groups in total. The summed E-state index contributed by atoms with van der Waals surface area (Å²) in [5.74, 6) is 1.16. The summed E-state index contributed by atoms with van der Waals surface area (Å²) >= 11 is 0. The summed E-state index contributed by atoms with van der Waals surface area (Å²) in [4.78, 5) is 8.61. The number of rotatable bonds is 4. The standard InChI is InChI=1S/C17H19N5O/c18-17(6-1-2-7-17)16-20-15(23-21-16)14-5-3-4-13(10-14)11-22-9-8-19-12-22/h3-5,8-10,12H,1-2,6-7,11,18H2. The van der Waals surface area contributed by atoms with E-state index in [-0.39, 0.29) is 0 Å². The van der Waals surface area contributed by atoms with Gasteiger partial charge in [0.25, 0.3) is 5.89 Å². The molecule has 0 amide bonds. The van der Waals surface area contributed by atoms with Crippen LogP contribution in [0.2, 0.25) is 0 Å². The zero-order valence-corrected chi connectivity index (χ0v) is 12.9. The van der Waals surface area contributed by atoms with Crippen LogP contribution in [0.3, 0.4) is 0 Å². The van der Waals surface area contributed by atoms with Gasteiger partial charge < -0.3 is 14.8 Å². The zero-order chi connectivity index (χ0) is 15.7. The van der Waals surface area contributed by atoms with Crippen LogP contribution in [0.25, 0.3) is 11.5 Å². The van der Waals surface area contributed by atoms with Gasteiger partial charge in [-0.15, -0.1) is 0 Å². The average molecular weight is 309 g/mol. The number of nitrogens with two attached hydrogens (primary N) is 1. The van der Waals surface area contributed by atoms with Crippen molar-refractivity contribution in [2.45, 2.75) is 37.8 Å². The van der Waals surface area contributed by atoms with Crippen LogP contribution >= 0.6 is 0 Å². The van der Waals surface area contributed by atoms with Crippen molar-refractivity contribution in [1.29, 1.82) is 0 Å². The molecule has 1 aromatic carbocycles. The number of benzene rings is 1. The minimum Gasteiger partial charge on any atom is -0.334 e. The highest BCUT2D eigenvalue weighted by Crippen LogP contribution is 2.35. The lowest BCUT2D eigenvalue weighted by atomic mass is 9.98. The second-order valence-corrected chi connectivity index (χ2v) is 6.22. The summed E-state index contributed by atoms with van der Waals surface area (Å²) in [5, 5.41) is 4.13. The van der Waals surface area contributed by atoms with E-state index in [1.807, 2.05) is 22.9 Å². The summed E-state index contributed by atoms with van der Waals surface area (Å²) in [6, 6.07) is 8.11. The first-order valence-electron chi connectivity index (χ1n) is 7.91. The molecule has 0 spiro atoms. The van der Waals surface area contributed by atoms with Crippen molar-refractivity contribution >= 4 is 0 Å². The maximum Gasteiger partial charge on any atom is 0.258 e. The first-order valence-corrected chi connectivity index (χ1v) is 7.91. The normalized spacial score (nSPS) is 16.7. The monoisotopic (exact) mass is 309 g/mol. The van der Waals surface area contributed by atoms with Crippen LogP contribution in [-0.4, -0.2) is 19.7 Å². The fourth-order valence-corrected chi connectivity index (χ4v) is 3.17. The molecule has 2 aromatic heterocycles. The summed E-state index contributed by atoms with van der Waals surface area (Å²) in [6.07, 6.45) is 9.61. The Kier molecular flexibility index (Phi) is 3.46. The predicted molar refractivity (Wildman–Crippen MR) is 85.4 cm³/mol. The van der Waals surface area contributed by atoms with E-state index in [2.05, 4.69) is 27.3 Å². The molecule has 1 aliphatic rings. The molecule has 4 rings (SSSR count). The van der Waals surface area contributed by atoms with Crippen molar-refractivity contribution in [3.63, 3.8) is 0 Å². The van der Waals surface area contributed by atoms with Crippen LogP contribution in [0, 0.1) is 0 Å². The van der Waals surface area contributed by atoms with E-state index in [0.29, 0.717) is 11.7 Å². The van der Waals surface area contributed by atoms with Gasteiger partial charge in [0.05, 0.1) is 11.9 Å². The Morgan fingerprint density at radius 2 is 2.13 bits per heavy atom. The first-order chi connectivity index (χ1) is 11.2. The number of imidazole rings is 1. The average Bonchev–Trinajstić information content (AvgIpc) is 3.29. The molecular formula is C17H19N5O. The molecular weight excluding hydrogens is 290 g/mol. The maximum absolute atomic E-state index is 6.40. The maximum atomic E-state index is 6.40. The number of aromatic nitrogens is 4. The van der Waals surface area contributed by atoms with Gasteiger partial charge in [-0.1, -0.05) is 30.1 Å². The molecule has 0 atom stereocenters. The van der Waals surface area contributed by atoms with E-state index < -0.39 is 5.54 Å². The fourth-order valence-electron chi connectivity index (χ4n) is 3.17. The minimum atomic E-state index is -0.420. The highest BCUT2D eigenvalue weighted by molar-refractivity contribution is 5.54. The Morgan fingerprint density at radius 3 is 2.91 bits per heavy atom. The van der Waals surface area contributed by atoms with Gasteiger partial charge in [-0.2, -0.15) is 4.98 Å². The number of hydrogen-bond acceptors (Lipinski definition) is 5. The molecule has 2 heterocycles. The van der Waals surface area contributed by atoms with Gasteiger partial charge in [0.15, 0.2) is 5.82 Å². The van der Waals surface area contributed by atoms with Crippen LogP contribution in [0.4, 0.5) is 0 Å². The molecule has 6 heteroatoms. The quantitative estimate of drug-likeness (QED) is 0.801. The third-order valence-corrected chi connectivity index (χ3v) is 4.47. The van der Waals surface area contributed by atoms with Crippen molar-refractivity contribution in [3.05, 3.63) is 54.4 Å². The Morgan fingerprint density at radius 1 is 1.26 bits per heavy atom. The second kappa shape index (κ2) is 5.62. The molecule has 118 valence electrons. The van der Waals surface area contributed by atoms with Crippen LogP contribution in [0.1, 0.15) is 37.1 Å². The third kappa shape index (κ3) is 2.77. The van der Waals surface area contributed by atoms with Crippen LogP contribution < -0.4 is 5.73 Å². The lowest BCUT2D eigenvalue weighted by Gasteiger charge is -2.17. The Balaban J connectivity index is 1.59. The lowest BCUT2D eigenvalue weighted by Crippen LogP contribution is -2.34. The van der Waals surface area contributed by atoms with Gasteiger partial charge >= 0.3 is 0 Å². The zero-order valence-electron chi connectivity index (χ0n) is 12.9. The van der Waals surface area contributed by atoms with Crippen molar-refractivity contribution in [2.24, 2.45) is 5.73 Å². The Hall–Kier alpha value is -2.47. The van der Waals surface area contributed by atoms with Crippen LogP contribution in [-0.2, 0) is 12.1 Å². The predicted octanol–water partition coefficient (Wildman–Crippen LogP) is 2.71. The molecule has 1 saturated carbocycles. The van der Waals surface area contributed by atoms with E-state index in [1.54, 1.807) is 12.5 Å². The number of nitrogens with zero attached hydrogens (tertiary/aromatic N) is 4. The molecule has 1 fully saturated rings. The summed E-state index contributed by atoms with van der Waals surface area (Å²) in [5.41, 5.74) is 8.05. The Bertz CT molecular complexity index is 787. The third-order valence-electron chi connectivity index (χ3n) is 4.47. The molecule has 6 nitrogen and oxygen atoms in total. The molecule has 3 aromatic rings. The summed E-state index contributed by atoms with van der Waals surface area (Å²) < 4.78 is 7.48. The second-order valence-electron chi connectivity index (χ2n) is 6.22. The van der Waals surface area contributed by atoms with Gasteiger partial charge in [0.2, 0.25) is 0 Å². The van der Waals surface area contributed by atoms with Gasteiger partial charge in [0, 0.05) is 24.5 Å². The molecule has 23 heavy (non-hydrogen) atoms. The first kappa shape index (κ1) is 14.1. The highest BCUT2D eigenvalue weighted by Gasteiger charge is 2.36. The van der Waals surface area contributed by atoms with Crippen molar-refractivity contribution in [3.8, 4) is 11.5 Å². The van der Waals surface area contributed by atoms with Gasteiger partial charge in [0.1, 0.15) is 0 Å². The summed E-state index contributed by atoms with van der Waals surface area (Å²) in [7, 11) is 0. The van der Waals surface area contributed by atoms with Crippen LogP contribution in [0.5, 0.6) is 0 Å². The molecule has 0 saturated heterocycles. The van der Waals surface area contributed by atoms with E-state index in [9.17, 15) is 0 Å².